The van der Waals surface area contributed by atoms with Crippen LogP contribution in [-0.4, -0.2) is 29.8 Å². The molecule has 0 spiro atoms. The summed E-state index contributed by atoms with van der Waals surface area (Å²) >= 11 is 6.00. The van der Waals surface area contributed by atoms with E-state index in [1.54, 1.807) is 25.1 Å². The number of ether oxygens (including phenoxy) is 1. The summed E-state index contributed by atoms with van der Waals surface area (Å²) in [4.78, 5) is 41.9. The van der Waals surface area contributed by atoms with Gasteiger partial charge < -0.3 is 4.74 Å². The zero-order chi connectivity index (χ0) is 24.1. The van der Waals surface area contributed by atoms with E-state index >= 15 is 0 Å². The molecule has 0 unspecified atom stereocenters. The fraction of sp³-hybridized carbons (Fsp3) is 0.167. The van der Waals surface area contributed by atoms with Crippen molar-refractivity contribution in [3.8, 4) is 0 Å². The van der Waals surface area contributed by atoms with Crippen LogP contribution in [0.2, 0.25) is 5.02 Å². The number of para-hydroxylation sites is 1. The molecule has 9 heteroatoms. The van der Waals surface area contributed by atoms with Crippen molar-refractivity contribution in [1.82, 2.24) is 4.98 Å². The van der Waals surface area contributed by atoms with Gasteiger partial charge in [-0.25, -0.2) is 13.8 Å². The summed E-state index contributed by atoms with van der Waals surface area (Å²) < 4.78 is 33.5. The molecule has 0 saturated carbocycles. The summed E-state index contributed by atoms with van der Waals surface area (Å²) in [5, 5.41) is 0.521. The first-order valence-electron chi connectivity index (χ1n) is 9.83. The third-order valence-electron chi connectivity index (χ3n) is 4.84. The first-order valence-corrected chi connectivity index (χ1v) is 10.2. The molecule has 3 aromatic rings. The van der Waals surface area contributed by atoms with Crippen molar-refractivity contribution in [2.75, 3.05) is 12.0 Å². The third kappa shape index (κ3) is 5.40. The van der Waals surface area contributed by atoms with Crippen LogP contribution in [0.4, 0.5) is 20.3 Å². The van der Waals surface area contributed by atoms with Gasteiger partial charge in [-0.2, -0.15) is 0 Å². The molecule has 0 saturated heterocycles. The van der Waals surface area contributed by atoms with E-state index in [1.165, 1.54) is 25.4 Å². The predicted molar refractivity (Wildman–Crippen MR) is 119 cm³/mol. The van der Waals surface area contributed by atoms with Crippen LogP contribution < -0.4 is 4.90 Å². The number of hydrogen-bond donors (Lipinski definition) is 0. The first kappa shape index (κ1) is 24.0. The topological polar surface area (TPSA) is 76.6 Å². The Morgan fingerprint density at radius 1 is 1.00 bits per heavy atom. The molecule has 0 bridgehead atoms. The molecule has 170 valence electrons. The second kappa shape index (κ2) is 10.3. The summed E-state index contributed by atoms with van der Waals surface area (Å²) in [6.45, 7) is 1.77. The van der Waals surface area contributed by atoms with Crippen molar-refractivity contribution in [1.29, 1.82) is 0 Å². The lowest BCUT2D eigenvalue weighted by Gasteiger charge is -2.23. The van der Waals surface area contributed by atoms with Gasteiger partial charge in [-0.15, -0.1) is 0 Å². The number of ketones is 1. The normalized spacial score (nSPS) is 10.6. The highest BCUT2D eigenvalue weighted by molar-refractivity contribution is 6.31. The van der Waals surface area contributed by atoms with Gasteiger partial charge in [-0.1, -0.05) is 17.7 Å². The molecule has 0 aliphatic heterocycles. The lowest BCUT2D eigenvalue weighted by atomic mass is 10.0. The number of halogens is 3. The van der Waals surface area contributed by atoms with Crippen molar-refractivity contribution in [2.45, 2.75) is 19.8 Å². The molecule has 1 amide bonds. The average molecular weight is 473 g/mol. The van der Waals surface area contributed by atoms with E-state index in [1.807, 2.05) is 0 Å². The molecule has 1 aromatic heterocycles. The van der Waals surface area contributed by atoms with Gasteiger partial charge in [-0.3, -0.25) is 19.3 Å². The van der Waals surface area contributed by atoms with Crippen molar-refractivity contribution in [3.63, 3.8) is 0 Å². The Kier molecular flexibility index (Phi) is 7.50. The molecule has 0 N–H and O–H groups in total. The van der Waals surface area contributed by atoms with Gasteiger partial charge in [0.1, 0.15) is 23.1 Å². The van der Waals surface area contributed by atoms with Gasteiger partial charge in [0.15, 0.2) is 5.78 Å². The van der Waals surface area contributed by atoms with Gasteiger partial charge >= 0.3 is 5.97 Å². The van der Waals surface area contributed by atoms with Crippen LogP contribution in [0.1, 0.15) is 34.3 Å². The number of carbonyl (C=O) groups is 3. The minimum Gasteiger partial charge on any atom is -0.469 e. The lowest BCUT2D eigenvalue weighted by Crippen LogP contribution is -2.29. The van der Waals surface area contributed by atoms with Crippen LogP contribution >= 0.6 is 11.6 Å². The molecule has 0 aliphatic carbocycles. The van der Waals surface area contributed by atoms with E-state index in [-0.39, 0.29) is 30.0 Å². The summed E-state index contributed by atoms with van der Waals surface area (Å²) in [5.74, 6) is -3.85. The molecule has 0 radical (unpaired) electrons. The van der Waals surface area contributed by atoms with E-state index in [9.17, 15) is 23.2 Å². The highest BCUT2D eigenvalue weighted by Gasteiger charge is 2.26. The number of anilines is 2. The molecular weight excluding hydrogens is 454 g/mol. The fourth-order valence-electron chi connectivity index (χ4n) is 3.10. The predicted octanol–water partition coefficient (Wildman–Crippen LogP) is 5.17. The van der Waals surface area contributed by atoms with E-state index in [0.717, 1.165) is 28.7 Å². The third-order valence-corrected chi connectivity index (χ3v) is 5.26. The SMILES string of the molecule is COC(=O)CCC(=O)N(c1ccc(C(=O)c2ccc(Cl)c(C)c2)cn1)c1c(F)cccc1F. The van der Waals surface area contributed by atoms with E-state index in [4.69, 9.17) is 11.6 Å². The highest BCUT2D eigenvalue weighted by Crippen LogP contribution is 2.31. The Morgan fingerprint density at radius 2 is 1.67 bits per heavy atom. The van der Waals surface area contributed by atoms with Crippen LogP contribution in [0.15, 0.2) is 54.7 Å². The average Bonchev–Trinajstić information content (AvgIpc) is 2.81. The van der Waals surface area contributed by atoms with Gasteiger partial charge in [0.2, 0.25) is 5.91 Å². The number of pyridine rings is 1. The van der Waals surface area contributed by atoms with Crippen molar-refractivity contribution < 1.29 is 27.9 Å². The van der Waals surface area contributed by atoms with Gasteiger partial charge in [0, 0.05) is 28.8 Å². The molecule has 0 atom stereocenters. The molecule has 2 aromatic carbocycles. The van der Waals surface area contributed by atoms with Crippen LogP contribution in [0.3, 0.4) is 0 Å². The van der Waals surface area contributed by atoms with Gasteiger partial charge in [-0.05, 0) is 55.0 Å². The minimum absolute atomic E-state index is 0.113. The maximum absolute atomic E-state index is 14.5. The number of rotatable bonds is 7. The zero-order valence-corrected chi connectivity index (χ0v) is 18.5. The maximum Gasteiger partial charge on any atom is 0.306 e. The Balaban J connectivity index is 1.97. The molecular formula is C24H19ClF2N2O4. The lowest BCUT2D eigenvalue weighted by molar-refractivity contribution is -0.141. The summed E-state index contributed by atoms with van der Waals surface area (Å²) in [6, 6.07) is 10.7. The Morgan fingerprint density at radius 3 is 2.24 bits per heavy atom. The molecule has 0 fully saturated rings. The molecule has 1 heterocycles. The van der Waals surface area contributed by atoms with Crippen LogP contribution in [0, 0.1) is 18.6 Å². The van der Waals surface area contributed by atoms with Crippen molar-refractivity contribution in [2.24, 2.45) is 0 Å². The highest BCUT2D eigenvalue weighted by atomic mass is 35.5. The fourth-order valence-corrected chi connectivity index (χ4v) is 3.22. The quantitative estimate of drug-likeness (QED) is 0.350. The number of aryl methyl sites for hydroxylation is 1. The zero-order valence-electron chi connectivity index (χ0n) is 17.8. The minimum atomic E-state index is -0.986. The Bertz CT molecular complexity index is 1200. The second-order valence-corrected chi connectivity index (χ2v) is 7.48. The van der Waals surface area contributed by atoms with E-state index in [2.05, 4.69) is 9.72 Å². The van der Waals surface area contributed by atoms with Gasteiger partial charge in [0.05, 0.1) is 13.5 Å². The largest absolute Gasteiger partial charge is 0.469 e. The summed E-state index contributed by atoms with van der Waals surface area (Å²) in [5.41, 5.74) is 0.686. The number of nitrogens with zero attached hydrogens (tertiary/aromatic N) is 2. The van der Waals surface area contributed by atoms with Gasteiger partial charge in [0.25, 0.3) is 0 Å². The second-order valence-electron chi connectivity index (χ2n) is 7.07. The number of aromatic nitrogens is 1. The monoisotopic (exact) mass is 472 g/mol. The van der Waals surface area contributed by atoms with Crippen LogP contribution in [0.25, 0.3) is 0 Å². The number of esters is 1. The van der Waals surface area contributed by atoms with Crippen molar-refractivity contribution in [3.05, 3.63) is 88.1 Å². The first-order chi connectivity index (χ1) is 15.7. The molecule has 0 aliphatic rings. The Labute approximate surface area is 193 Å². The molecule has 3 rings (SSSR count). The standard InChI is InChI=1S/C24H19ClF2N2O4/c1-14-12-15(6-8-17(14)25)24(32)16-7-9-20(28-13-16)29(21(30)10-11-22(31)33-2)23-18(26)4-3-5-19(23)27/h3-9,12-13H,10-11H2,1-2H3. The molecule has 33 heavy (non-hydrogen) atoms. The van der Waals surface area contributed by atoms with Crippen molar-refractivity contribution >= 4 is 40.8 Å². The number of amides is 1. The smallest absolute Gasteiger partial charge is 0.306 e. The van der Waals surface area contributed by atoms with Crippen LogP contribution in [0.5, 0.6) is 0 Å². The number of carbonyl (C=O) groups excluding carboxylic acids is 3. The number of hydrogen-bond acceptors (Lipinski definition) is 5. The number of methoxy groups -OCH3 is 1. The summed E-state index contributed by atoms with van der Waals surface area (Å²) in [6.07, 6.45) is 0.558. The molecule has 6 nitrogen and oxygen atoms in total. The Hall–Kier alpha value is -3.65. The maximum atomic E-state index is 14.5. The summed E-state index contributed by atoms with van der Waals surface area (Å²) in [7, 11) is 1.17. The van der Waals surface area contributed by atoms with Crippen LogP contribution in [-0.2, 0) is 14.3 Å². The number of benzene rings is 2. The van der Waals surface area contributed by atoms with E-state index in [0.29, 0.717) is 10.6 Å². The van der Waals surface area contributed by atoms with E-state index < -0.39 is 29.2 Å².